The van der Waals surface area contributed by atoms with Gasteiger partial charge in [0, 0.05) is 13.0 Å². The highest BCUT2D eigenvalue weighted by molar-refractivity contribution is 5.86. The van der Waals surface area contributed by atoms with Crippen molar-refractivity contribution >= 4 is 5.97 Å². The van der Waals surface area contributed by atoms with Crippen LogP contribution in [0.25, 0.3) is 0 Å². The largest absolute Gasteiger partial charge is 0.497 e. The molecule has 0 radical (unpaired) electrons. The van der Waals surface area contributed by atoms with Crippen molar-refractivity contribution in [2.24, 2.45) is 0 Å². The predicted molar refractivity (Wildman–Crippen MR) is 84.1 cm³/mol. The van der Waals surface area contributed by atoms with E-state index in [1.807, 2.05) is 31.2 Å². The molecule has 2 rings (SSSR count). The Labute approximate surface area is 134 Å². The molecule has 1 heterocycles. The van der Waals surface area contributed by atoms with Gasteiger partial charge in [-0.3, -0.25) is 0 Å². The fourth-order valence-corrected chi connectivity index (χ4v) is 2.24. The molecule has 2 aromatic rings. The van der Waals surface area contributed by atoms with Crippen LogP contribution in [0.15, 0.2) is 24.3 Å². The number of benzene rings is 1. The van der Waals surface area contributed by atoms with Crippen LogP contribution >= 0.6 is 0 Å². The van der Waals surface area contributed by atoms with Crippen molar-refractivity contribution in [3.05, 3.63) is 35.7 Å². The van der Waals surface area contributed by atoms with Gasteiger partial charge >= 0.3 is 5.97 Å². The quantitative estimate of drug-likeness (QED) is 0.714. The first-order chi connectivity index (χ1) is 11.2. The molecule has 0 bridgehead atoms. The van der Waals surface area contributed by atoms with E-state index in [0.29, 0.717) is 31.7 Å². The molecule has 0 aliphatic carbocycles. The lowest BCUT2D eigenvalue weighted by atomic mass is 10.2. The van der Waals surface area contributed by atoms with Gasteiger partial charge in [-0.05, 0) is 30.7 Å². The summed E-state index contributed by atoms with van der Waals surface area (Å²) in [5.41, 5.74) is 0.715. The molecule has 23 heavy (non-hydrogen) atoms. The maximum absolute atomic E-state index is 11.1. The summed E-state index contributed by atoms with van der Waals surface area (Å²) in [5, 5.41) is 16.8. The Morgan fingerprint density at radius 1 is 1.26 bits per heavy atom. The van der Waals surface area contributed by atoms with Gasteiger partial charge in [-0.25, -0.2) is 9.48 Å². The molecule has 1 N–H and O–H groups in total. The van der Waals surface area contributed by atoms with Crippen LogP contribution in [0.5, 0.6) is 11.5 Å². The Balaban J connectivity index is 1.87. The van der Waals surface area contributed by atoms with Crippen molar-refractivity contribution < 1.29 is 19.4 Å². The predicted octanol–water partition coefficient (Wildman–Crippen LogP) is 2.41. The Bertz CT molecular complexity index is 637. The minimum Gasteiger partial charge on any atom is -0.497 e. The van der Waals surface area contributed by atoms with Crippen molar-refractivity contribution in [3.63, 3.8) is 0 Å². The molecule has 0 amide bonds. The van der Waals surface area contributed by atoms with Crippen LogP contribution in [0.4, 0.5) is 0 Å². The van der Waals surface area contributed by atoms with Gasteiger partial charge in [0.1, 0.15) is 11.5 Å². The fourth-order valence-electron chi connectivity index (χ4n) is 2.24. The summed E-state index contributed by atoms with van der Waals surface area (Å²) in [6.45, 7) is 3.09. The van der Waals surface area contributed by atoms with Gasteiger partial charge in [-0.2, -0.15) is 0 Å². The number of carbonyl (C=O) groups is 1. The first-order valence-corrected chi connectivity index (χ1v) is 7.58. The molecule has 0 fully saturated rings. The number of rotatable bonds is 9. The van der Waals surface area contributed by atoms with Crippen LogP contribution < -0.4 is 9.47 Å². The highest BCUT2D eigenvalue weighted by atomic mass is 16.5. The van der Waals surface area contributed by atoms with Gasteiger partial charge < -0.3 is 14.6 Å². The Morgan fingerprint density at radius 3 is 2.57 bits per heavy atom. The van der Waals surface area contributed by atoms with Gasteiger partial charge in [0.15, 0.2) is 5.69 Å². The Hall–Kier alpha value is -2.57. The third kappa shape index (κ3) is 4.45. The van der Waals surface area contributed by atoms with Crippen molar-refractivity contribution in [1.29, 1.82) is 0 Å². The second-order valence-electron chi connectivity index (χ2n) is 5.04. The molecule has 7 heteroatoms. The van der Waals surface area contributed by atoms with Gasteiger partial charge in [-0.1, -0.05) is 18.6 Å². The number of carboxylic acid groups (broad SMARTS) is 1. The van der Waals surface area contributed by atoms with E-state index >= 15 is 0 Å². The minimum absolute atomic E-state index is 0.0444. The van der Waals surface area contributed by atoms with E-state index in [4.69, 9.17) is 14.6 Å². The lowest BCUT2D eigenvalue weighted by Crippen LogP contribution is -2.11. The lowest BCUT2D eigenvalue weighted by Gasteiger charge is -2.08. The smallest absolute Gasteiger partial charge is 0.358 e. The van der Waals surface area contributed by atoms with E-state index in [9.17, 15) is 4.79 Å². The second-order valence-corrected chi connectivity index (χ2v) is 5.04. The van der Waals surface area contributed by atoms with Crippen molar-refractivity contribution in [2.45, 2.75) is 32.7 Å². The molecule has 1 aromatic carbocycles. The lowest BCUT2D eigenvalue weighted by molar-refractivity contribution is 0.0689. The van der Waals surface area contributed by atoms with Crippen LogP contribution in [0.1, 0.15) is 35.9 Å². The van der Waals surface area contributed by atoms with Crippen molar-refractivity contribution in [2.75, 3.05) is 13.7 Å². The number of hydrogen-bond acceptors (Lipinski definition) is 5. The highest BCUT2D eigenvalue weighted by Crippen LogP contribution is 2.17. The Kier molecular flexibility index (Phi) is 5.96. The van der Waals surface area contributed by atoms with E-state index in [-0.39, 0.29) is 5.69 Å². The first kappa shape index (κ1) is 16.8. The molecule has 1 aromatic heterocycles. The van der Waals surface area contributed by atoms with E-state index in [0.717, 1.165) is 17.9 Å². The number of hydrogen-bond donors (Lipinski definition) is 1. The average molecular weight is 319 g/mol. The molecule has 0 unspecified atom stereocenters. The summed E-state index contributed by atoms with van der Waals surface area (Å²) in [6.07, 6.45) is 2.20. The van der Waals surface area contributed by atoms with Crippen LogP contribution in [-0.4, -0.2) is 39.8 Å². The summed E-state index contributed by atoms with van der Waals surface area (Å²) in [4.78, 5) is 11.1. The monoisotopic (exact) mass is 319 g/mol. The summed E-state index contributed by atoms with van der Waals surface area (Å²) in [5.74, 6) is 0.518. The summed E-state index contributed by atoms with van der Waals surface area (Å²) in [7, 11) is 1.62. The third-order valence-corrected chi connectivity index (χ3v) is 3.37. The zero-order valence-corrected chi connectivity index (χ0v) is 13.4. The maximum Gasteiger partial charge on any atom is 0.358 e. The van der Waals surface area contributed by atoms with Crippen molar-refractivity contribution in [3.8, 4) is 11.5 Å². The number of ether oxygens (including phenoxy) is 2. The van der Waals surface area contributed by atoms with Gasteiger partial charge in [0.05, 0.1) is 19.4 Å². The standard InChI is InChI=1S/C16H21N3O4/c1-3-5-14-15(16(20)21)17-18-19(14)10-4-11-23-13-8-6-12(22-2)7-9-13/h6-9H,3-5,10-11H2,1-2H3,(H,20,21). The maximum atomic E-state index is 11.1. The highest BCUT2D eigenvalue weighted by Gasteiger charge is 2.17. The van der Waals surface area contributed by atoms with Crippen LogP contribution in [-0.2, 0) is 13.0 Å². The number of nitrogens with zero attached hydrogens (tertiary/aromatic N) is 3. The molecular formula is C16H21N3O4. The van der Waals surface area contributed by atoms with Gasteiger partial charge in [0.2, 0.25) is 0 Å². The summed E-state index contributed by atoms with van der Waals surface area (Å²) in [6, 6.07) is 7.37. The van der Waals surface area contributed by atoms with Gasteiger partial charge in [-0.15, -0.1) is 5.10 Å². The summed E-state index contributed by atoms with van der Waals surface area (Å²) >= 11 is 0. The third-order valence-electron chi connectivity index (χ3n) is 3.37. The molecule has 0 saturated carbocycles. The number of aromatic nitrogens is 3. The zero-order valence-electron chi connectivity index (χ0n) is 13.4. The summed E-state index contributed by atoms with van der Waals surface area (Å²) < 4.78 is 12.4. The average Bonchev–Trinajstić information content (AvgIpc) is 2.95. The Morgan fingerprint density at radius 2 is 1.96 bits per heavy atom. The molecule has 7 nitrogen and oxygen atoms in total. The second kappa shape index (κ2) is 8.17. The zero-order chi connectivity index (χ0) is 16.7. The molecule has 0 atom stereocenters. The number of aromatic carboxylic acids is 1. The normalized spacial score (nSPS) is 10.5. The molecule has 124 valence electrons. The molecule has 0 aliphatic rings. The minimum atomic E-state index is -1.03. The van der Waals surface area contributed by atoms with Crippen LogP contribution in [0, 0.1) is 0 Å². The van der Waals surface area contributed by atoms with Crippen LogP contribution in [0.2, 0.25) is 0 Å². The molecule has 0 saturated heterocycles. The fraction of sp³-hybridized carbons (Fsp3) is 0.438. The van der Waals surface area contributed by atoms with E-state index < -0.39 is 5.97 Å². The van der Waals surface area contributed by atoms with E-state index in [2.05, 4.69) is 10.3 Å². The van der Waals surface area contributed by atoms with E-state index in [1.54, 1.807) is 11.8 Å². The number of aryl methyl sites for hydroxylation is 1. The first-order valence-electron chi connectivity index (χ1n) is 7.58. The number of carboxylic acids is 1. The number of methoxy groups -OCH3 is 1. The SMILES string of the molecule is CCCc1c(C(=O)O)nnn1CCCOc1ccc(OC)cc1. The van der Waals surface area contributed by atoms with E-state index in [1.165, 1.54) is 0 Å². The molecule has 0 aliphatic heterocycles. The molecule has 0 spiro atoms. The van der Waals surface area contributed by atoms with Crippen LogP contribution in [0.3, 0.4) is 0 Å². The van der Waals surface area contributed by atoms with Gasteiger partial charge in [0.25, 0.3) is 0 Å². The topological polar surface area (TPSA) is 86.5 Å². The van der Waals surface area contributed by atoms with Crippen molar-refractivity contribution in [1.82, 2.24) is 15.0 Å². The molecular weight excluding hydrogens is 298 g/mol.